The second-order valence-electron chi connectivity index (χ2n) is 7.57. The number of fused-ring (bicyclic) bond motifs is 1. The van der Waals surface area contributed by atoms with Crippen LogP contribution in [0.15, 0.2) is 42.6 Å². The Hall–Kier alpha value is -3.69. The molecule has 0 radical (unpaired) electrons. The van der Waals surface area contributed by atoms with E-state index in [-0.39, 0.29) is 36.0 Å². The molecule has 2 heterocycles. The quantitative estimate of drug-likeness (QED) is 0.480. The molecule has 3 aromatic rings. The van der Waals surface area contributed by atoms with Gasteiger partial charge >= 0.3 is 6.03 Å². The van der Waals surface area contributed by atoms with Crippen molar-refractivity contribution in [1.29, 1.82) is 0 Å². The molecule has 1 atom stereocenters. The summed E-state index contributed by atoms with van der Waals surface area (Å²) < 4.78 is 54.8. The first-order chi connectivity index (χ1) is 15.2. The number of carbonyl (C=O) groups is 2. The average molecular weight is 446 g/mol. The summed E-state index contributed by atoms with van der Waals surface area (Å²) in [6.45, 7) is 2.16. The topological polar surface area (TPSA) is 67.2 Å². The highest BCUT2D eigenvalue weighted by Gasteiger charge is 2.31. The van der Waals surface area contributed by atoms with Crippen molar-refractivity contribution in [2.24, 2.45) is 0 Å². The lowest BCUT2D eigenvalue weighted by Crippen LogP contribution is -2.47. The van der Waals surface area contributed by atoms with Crippen LogP contribution >= 0.6 is 0 Å². The van der Waals surface area contributed by atoms with Gasteiger partial charge in [-0.1, -0.05) is 6.07 Å². The van der Waals surface area contributed by atoms with E-state index in [1.54, 1.807) is 11.6 Å². The van der Waals surface area contributed by atoms with Gasteiger partial charge in [-0.25, -0.2) is 22.4 Å². The van der Waals surface area contributed by atoms with E-state index in [9.17, 15) is 27.2 Å². The second-order valence-corrected chi connectivity index (χ2v) is 7.57. The maximum atomic E-state index is 13.5. The molecule has 0 saturated carbocycles. The van der Waals surface area contributed by atoms with Crippen molar-refractivity contribution in [3.05, 3.63) is 82.7 Å². The fraction of sp³-hybridized carbons (Fsp3) is 0.227. The molecule has 2 amide bonds. The molecule has 10 heteroatoms. The third-order valence-corrected chi connectivity index (χ3v) is 5.32. The van der Waals surface area contributed by atoms with Crippen LogP contribution in [0.3, 0.4) is 0 Å². The smallest absolute Gasteiger partial charge is 0.314 e. The van der Waals surface area contributed by atoms with Crippen LogP contribution in [0, 0.1) is 23.3 Å². The Morgan fingerprint density at radius 3 is 2.41 bits per heavy atom. The summed E-state index contributed by atoms with van der Waals surface area (Å²) in [5, 5.41) is 6.73. The Morgan fingerprint density at radius 2 is 1.72 bits per heavy atom. The highest BCUT2D eigenvalue weighted by molar-refractivity contribution is 5.98. The molecule has 0 fully saturated rings. The van der Waals surface area contributed by atoms with Crippen molar-refractivity contribution in [1.82, 2.24) is 14.7 Å². The van der Waals surface area contributed by atoms with Gasteiger partial charge in [-0.05, 0) is 36.8 Å². The molecule has 1 aliphatic heterocycles. The highest BCUT2D eigenvalue weighted by atomic mass is 19.2. The second kappa shape index (κ2) is 8.45. The van der Waals surface area contributed by atoms with Crippen LogP contribution in [0.1, 0.15) is 28.5 Å². The third-order valence-electron chi connectivity index (χ3n) is 5.32. The van der Waals surface area contributed by atoms with Gasteiger partial charge in [0.1, 0.15) is 0 Å². The number of carbonyl (C=O) groups excluding carboxylic acids is 2. The average Bonchev–Trinajstić information content (AvgIpc) is 3.15. The predicted octanol–water partition coefficient (Wildman–Crippen LogP) is 4.30. The van der Waals surface area contributed by atoms with Gasteiger partial charge in [-0.3, -0.25) is 9.48 Å². The fourth-order valence-electron chi connectivity index (χ4n) is 3.61. The van der Waals surface area contributed by atoms with Crippen molar-refractivity contribution in [3.8, 4) is 0 Å². The van der Waals surface area contributed by atoms with Crippen molar-refractivity contribution in [3.63, 3.8) is 0 Å². The van der Waals surface area contributed by atoms with Crippen LogP contribution in [0.2, 0.25) is 0 Å². The molecule has 4 rings (SSSR count). The molecule has 2 aromatic carbocycles. The first-order valence-electron chi connectivity index (χ1n) is 9.77. The van der Waals surface area contributed by atoms with E-state index in [2.05, 4.69) is 10.4 Å². The number of Topliss-reactive ketones (excluding diaryl/α,β-unsaturated/α-hetero) is 1. The summed E-state index contributed by atoms with van der Waals surface area (Å²) >= 11 is 0. The lowest BCUT2D eigenvalue weighted by molar-refractivity contribution is 0.0987. The Labute approximate surface area is 180 Å². The maximum Gasteiger partial charge on any atom is 0.322 e. The zero-order valence-electron chi connectivity index (χ0n) is 16.9. The standard InChI is InChI=1S/C22H18F4N4O2/c1-12-10-30-20(11-29(12)22(32)28-14-3-5-17(24)19(26)8-14)15(9-27-30)21(31)7-13-2-4-16(23)18(25)6-13/h2-6,8-9,12H,7,10-11H2,1H3,(H,28,32)/t12-/m0/s1. The van der Waals surface area contributed by atoms with Crippen LogP contribution in [0.4, 0.5) is 28.0 Å². The van der Waals surface area contributed by atoms with E-state index < -0.39 is 29.3 Å². The first kappa shape index (κ1) is 21.5. The zero-order chi connectivity index (χ0) is 23.0. The van der Waals surface area contributed by atoms with E-state index in [0.717, 1.165) is 24.3 Å². The van der Waals surface area contributed by atoms with Gasteiger partial charge in [0.05, 0.1) is 36.6 Å². The van der Waals surface area contributed by atoms with E-state index >= 15 is 0 Å². The zero-order valence-corrected chi connectivity index (χ0v) is 16.9. The SMILES string of the molecule is C[C@H]1Cn2ncc(C(=O)Cc3ccc(F)c(F)c3)c2CN1C(=O)Nc1ccc(F)c(F)c1. The van der Waals surface area contributed by atoms with E-state index in [1.165, 1.54) is 23.2 Å². The Morgan fingerprint density at radius 1 is 1.03 bits per heavy atom. The molecule has 6 nitrogen and oxygen atoms in total. The summed E-state index contributed by atoms with van der Waals surface area (Å²) in [4.78, 5) is 27.0. The Kier molecular flexibility index (Phi) is 5.68. The Bertz CT molecular complexity index is 1210. The van der Waals surface area contributed by atoms with Gasteiger partial charge in [0.15, 0.2) is 29.1 Å². The molecule has 0 spiro atoms. The number of aromatic nitrogens is 2. The van der Waals surface area contributed by atoms with Crippen LogP contribution in [-0.2, 0) is 19.5 Å². The van der Waals surface area contributed by atoms with Crippen molar-refractivity contribution >= 4 is 17.5 Å². The van der Waals surface area contributed by atoms with Crippen LogP contribution in [0.25, 0.3) is 0 Å². The van der Waals surface area contributed by atoms with Crippen LogP contribution in [-0.4, -0.2) is 32.5 Å². The fourth-order valence-corrected chi connectivity index (χ4v) is 3.61. The molecule has 1 N–H and O–H groups in total. The number of ketones is 1. The molecule has 166 valence electrons. The van der Waals surface area contributed by atoms with Crippen molar-refractivity contribution in [2.75, 3.05) is 5.32 Å². The van der Waals surface area contributed by atoms with Gasteiger partial charge in [0.25, 0.3) is 0 Å². The number of anilines is 1. The van der Waals surface area contributed by atoms with Crippen LogP contribution in [0.5, 0.6) is 0 Å². The Balaban J connectivity index is 1.52. The van der Waals surface area contributed by atoms with E-state index in [1.807, 2.05) is 0 Å². The lowest BCUT2D eigenvalue weighted by atomic mass is 10.0. The number of amides is 2. The number of benzene rings is 2. The predicted molar refractivity (Wildman–Crippen MR) is 107 cm³/mol. The van der Waals surface area contributed by atoms with Gasteiger partial charge < -0.3 is 10.2 Å². The van der Waals surface area contributed by atoms with Crippen molar-refractivity contribution in [2.45, 2.75) is 32.5 Å². The van der Waals surface area contributed by atoms with Crippen LogP contribution < -0.4 is 5.32 Å². The highest BCUT2D eigenvalue weighted by Crippen LogP contribution is 2.23. The number of nitrogens with one attached hydrogen (secondary N) is 1. The largest absolute Gasteiger partial charge is 0.322 e. The molecule has 1 aliphatic rings. The molecule has 0 unspecified atom stereocenters. The normalized spacial score (nSPS) is 15.4. The molecular formula is C22H18F4N4O2. The van der Waals surface area contributed by atoms with Gasteiger partial charge in [0.2, 0.25) is 0 Å². The summed E-state index contributed by atoms with van der Waals surface area (Å²) in [7, 11) is 0. The van der Waals surface area contributed by atoms with E-state index in [4.69, 9.17) is 0 Å². The summed E-state index contributed by atoms with van der Waals surface area (Å²) in [6, 6.07) is 5.45. The number of halogens is 4. The first-order valence-corrected chi connectivity index (χ1v) is 9.77. The van der Waals surface area contributed by atoms with E-state index in [0.29, 0.717) is 17.8 Å². The number of hydrogen-bond donors (Lipinski definition) is 1. The summed E-state index contributed by atoms with van der Waals surface area (Å²) in [5.74, 6) is -4.50. The molecule has 0 saturated heterocycles. The molecular weight excluding hydrogens is 428 g/mol. The molecule has 1 aromatic heterocycles. The summed E-state index contributed by atoms with van der Waals surface area (Å²) in [6.07, 6.45) is 1.23. The molecule has 0 bridgehead atoms. The minimum atomic E-state index is -1.09. The molecule has 0 aliphatic carbocycles. The number of urea groups is 1. The summed E-state index contributed by atoms with van der Waals surface area (Å²) in [5.41, 5.74) is 1.17. The number of nitrogens with zero attached hydrogens (tertiary/aromatic N) is 3. The molecule has 32 heavy (non-hydrogen) atoms. The number of rotatable bonds is 4. The van der Waals surface area contributed by atoms with Crippen molar-refractivity contribution < 1.29 is 27.2 Å². The lowest BCUT2D eigenvalue weighted by Gasteiger charge is -2.34. The van der Waals surface area contributed by atoms with Gasteiger partial charge in [0, 0.05) is 18.2 Å². The minimum Gasteiger partial charge on any atom is -0.314 e. The number of hydrogen-bond acceptors (Lipinski definition) is 3. The van der Waals surface area contributed by atoms with Gasteiger partial charge in [-0.15, -0.1) is 0 Å². The monoisotopic (exact) mass is 446 g/mol. The third kappa shape index (κ3) is 4.20. The minimum absolute atomic E-state index is 0.0511. The van der Waals surface area contributed by atoms with Gasteiger partial charge in [-0.2, -0.15) is 5.10 Å². The maximum absolute atomic E-state index is 13.5.